The molecule has 0 spiro atoms. The van der Waals surface area contributed by atoms with Crippen LogP contribution in [0.5, 0.6) is 5.75 Å². The highest BCUT2D eigenvalue weighted by molar-refractivity contribution is 7.98. The van der Waals surface area contributed by atoms with Crippen molar-refractivity contribution in [3.8, 4) is 5.75 Å². The van der Waals surface area contributed by atoms with E-state index in [1.54, 1.807) is 25.6 Å². The largest absolute Gasteiger partial charge is 0.478 e. The lowest BCUT2D eigenvalue weighted by atomic mass is 9.84. The van der Waals surface area contributed by atoms with Crippen LogP contribution in [-0.4, -0.2) is 28.7 Å². The minimum atomic E-state index is -1.29. The van der Waals surface area contributed by atoms with Crippen LogP contribution in [0.25, 0.3) is 0 Å². The molecule has 5 heteroatoms. The molecule has 30 heavy (non-hydrogen) atoms. The van der Waals surface area contributed by atoms with Crippen molar-refractivity contribution < 1.29 is 19.4 Å². The van der Waals surface area contributed by atoms with Gasteiger partial charge in [-0.15, -0.1) is 11.8 Å². The zero-order valence-corrected chi connectivity index (χ0v) is 19.7. The molecule has 0 aliphatic heterocycles. The van der Waals surface area contributed by atoms with Crippen molar-refractivity contribution in [2.45, 2.75) is 58.5 Å². The Kier molecular flexibility index (Phi) is 7.75. The molecule has 162 valence electrons. The summed E-state index contributed by atoms with van der Waals surface area (Å²) >= 11 is 1.66. The van der Waals surface area contributed by atoms with E-state index < -0.39 is 11.6 Å². The summed E-state index contributed by atoms with van der Waals surface area (Å²) in [6.45, 7) is 11.0. The van der Waals surface area contributed by atoms with Crippen molar-refractivity contribution in [3.63, 3.8) is 0 Å². The van der Waals surface area contributed by atoms with Crippen molar-refractivity contribution in [1.29, 1.82) is 0 Å². The molecule has 2 atom stereocenters. The highest BCUT2D eigenvalue weighted by Gasteiger charge is 2.30. The fraction of sp³-hybridized carbons (Fsp3) is 0.440. The third-order valence-electron chi connectivity index (χ3n) is 5.59. The van der Waals surface area contributed by atoms with E-state index in [4.69, 9.17) is 4.74 Å². The highest BCUT2D eigenvalue weighted by atomic mass is 32.2. The van der Waals surface area contributed by atoms with Crippen molar-refractivity contribution in [3.05, 3.63) is 58.7 Å². The third kappa shape index (κ3) is 5.66. The van der Waals surface area contributed by atoms with Crippen LogP contribution in [0.15, 0.2) is 41.3 Å². The maximum absolute atomic E-state index is 12.9. The zero-order chi connectivity index (χ0) is 22.6. The normalized spacial score (nSPS) is 13.6. The first-order chi connectivity index (χ1) is 14.0. The van der Waals surface area contributed by atoms with Gasteiger partial charge in [0.15, 0.2) is 11.4 Å². The number of ketones is 1. The van der Waals surface area contributed by atoms with Gasteiger partial charge >= 0.3 is 5.97 Å². The average molecular weight is 429 g/mol. The van der Waals surface area contributed by atoms with Crippen molar-refractivity contribution in [2.24, 2.45) is 11.8 Å². The number of hydrogen-bond donors (Lipinski definition) is 1. The van der Waals surface area contributed by atoms with Gasteiger partial charge in [0.25, 0.3) is 0 Å². The number of carboxylic acids is 1. The summed E-state index contributed by atoms with van der Waals surface area (Å²) in [5.41, 5.74) is 2.38. The lowest BCUT2D eigenvalue weighted by molar-refractivity contribution is -0.152. The van der Waals surface area contributed by atoms with Crippen molar-refractivity contribution in [2.75, 3.05) is 6.26 Å². The molecule has 0 aliphatic rings. The number of Topliss-reactive ketones (excluding diaryl/α,β-unsaturated/α-hetero) is 1. The molecule has 0 unspecified atom stereocenters. The molecule has 2 rings (SSSR count). The second-order valence-corrected chi connectivity index (χ2v) is 9.42. The number of benzene rings is 2. The molecule has 0 aliphatic carbocycles. The van der Waals surface area contributed by atoms with Crippen LogP contribution >= 0.6 is 11.8 Å². The molecule has 4 nitrogen and oxygen atoms in total. The number of carbonyl (C=O) groups is 2. The molecule has 0 heterocycles. The van der Waals surface area contributed by atoms with Gasteiger partial charge in [-0.05, 0) is 75.1 Å². The van der Waals surface area contributed by atoms with Crippen LogP contribution in [-0.2, 0) is 11.2 Å². The topological polar surface area (TPSA) is 63.6 Å². The smallest absolute Gasteiger partial charge is 0.347 e. The van der Waals surface area contributed by atoms with Gasteiger partial charge in [0.1, 0.15) is 5.75 Å². The van der Waals surface area contributed by atoms with Gasteiger partial charge in [-0.1, -0.05) is 38.1 Å². The lowest BCUT2D eigenvalue weighted by Gasteiger charge is -2.25. The van der Waals surface area contributed by atoms with E-state index >= 15 is 0 Å². The second kappa shape index (κ2) is 9.69. The molecule has 0 aromatic heterocycles. The van der Waals surface area contributed by atoms with Gasteiger partial charge in [0.05, 0.1) is 0 Å². The zero-order valence-electron chi connectivity index (χ0n) is 18.9. The summed E-state index contributed by atoms with van der Waals surface area (Å²) in [6.07, 6.45) is 2.78. The lowest BCUT2D eigenvalue weighted by Crippen LogP contribution is -2.38. The Labute approximate surface area is 184 Å². The molecule has 0 amide bonds. The number of carbonyl (C=O) groups excluding carboxylic acids is 1. The van der Waals surface area contributed by atoms with Crippen LogP contribution in [0.3, 0.4) is 0 Å². The molecule has 0 saturated heterocycles. The third-order valence-corrected chi connectivity index (χ3v) is 6.34. The standard InChI is InChI=1S/C25H32O4S/c1-15(18(4)22(26)20-8-10-21(30-7)11-9-20)12-19-13-16(2)23(17(3)14-19)29-25(5,6)24(27)28/h8-11,13-15,18H,12H2,1-7H3,(H,27,28)/t15-,18+/m1/s1. The van der Waals surface area contributed by atoms with E-state index in [-0.39, 0.29) is 17.6 Å². The summed E-state index contributed by atoms with van der Waals surface area (Å²) in [5.74, 6) is -0.174. The number of ether oxygens (including phenoxy) is 1. The SMILES string of the molecule is CSc1ccc(C(=O)[C@@H](C)[C@H](C)Cc2cc(C)c(OC(C)(C)C(=O)O)c(C)c2)cc1. The molecule has 2 aromatic rings. The maximum atomic E-state index is 12.9. The first-order valence-corrected chi connectivity index (χ1v) is 11.4. The predicted octanol–water partition coefficient (Wildman–Crippen LogP) is 5.96. The minimum absolute atomic E-state index is 0.104. The Morgan fingerprint density at radius 3 is 2.07 bits per heavy atom. The number of hydrogen-bond acceptors (Lipinski definition) is 4. The first kappa shape index (κ1) is 24.0. The maximum Gasteiger partial charge on any atom is 0.347 e. The molecule has 0 bridgehead atoms. The number of carboxylic acid groups (broad SMARTS) is 1. The molecule has 0 saturated carbocycles. The molecular formula is C25H32O4S. The Morgan fingerprint density at radius 2 is 1.60 bits per heavy atom. The first-order valence-electron chi connectivity index (χ1n) is 10.2. The monoisotopic (exact) mass is 428 g/mol. The Morgan fingerprint density at radius 1 is 1.07 bits per heavy atom. The van der Waals surface area contributed by atoms with E-state index in [1.165, 1.54) is 0 Å². The number of aliphatic carboxylic acids is 1. The Balaban J connectivity index is 2.14. The fourth-order valence-electron chi connectivity index (χ4n) is 3.44. The minimum Gasteiger partial charge on any atom is -0.478 e. The second-order valence-electron chi connectivity index (χ2n) is 8.54. The molecule has 1 N–H and O–H groups in total. The highest BCUT2D eigenvalue weighted by Crippen LogP contribution is 2.31. The summed E-state index contributed by atoms with van der Waals surface area (Å²) in [4.78, 5) is 25.4. The fourth-order valence-corrected chi connectivity index (χ4v) is 3.85. The van der Waals surface area contributed by atoms with Gasteiger partial charge in [0, 0.05) is 16.4 Å². The van der Waals surface area contributed by atoms with Crippen LogP contribution in [0, 0.1) is 25.7 Å². The van der Waals surface area contributed by atoms with Gasteiger partial charge in [0.2, 0.25) is 0 Å². The number of thioether (sulfide) groups is 1. The van der Waals surface area contributed by atoms with Crippen LogP contribution in [0.1, 0.15) is 54.7 Å². The summed E-state index contributed by atoms with van der Waals surface area (Å²) in [6, 6.07) is 11.8. The summed E-state index contributed by atoms with van der Waals surface area (Å²) in [5, 5.41) is 9.34. The van der Waals surface area contributed by atoms with E-state index in [0.717, 1.165) is 33.6 Å². The molecule has 2 aromatic carbocycles. The molecular weight excluding hydrogens is 396 g/mol. The van der Waals surface area contributed by atoms with Gasteiger partial charge in [-0.25, -0.2) is 4.79 Å². The Hall–Kier alpha value is -2.27. The van der Waals surface area contributed by atoms with Crippen molar-refractivity contribution in [1.82, 2.24) is 0 Å². The van der Waals surface area contributed by atoms with Gasteiger partial charge in [-0.3, -0.25) is 4.79 Å². The molecule has 0 fully saturated rings. The quantitative estimate of drug-likeness (QED) is 0.394. The van der Waals surface area contributed by atoms with Crippen molar-refractivity contribution >= 4 is 23.5 Å². The van der Waals surface area contributed by atoms with Gasteiger partial charge in [-0.2, -0.15) is 0 Å². The Bertz CT molecular complexity index is 892. The van der Waals surface area contributed by atoms with Crippen LogP contribution in [0.2, 0.25) is 0 Å². The number of aryl methyl sites for hydroxylation is 2. The van der Waals surface area contributed by atoms with E-state index in [9.17, 15) is 14.7 Å². The van der Waals surface area contributed by atoms with E-state index in [0.29, 0.717) is 5.75 Å². The average Bonchev–Trinajstić information content (AvgIpc) is 2.69. The predicted molar refractivity (Wildman–Crippen MR) is 123 cm³/mol. The van der Waals surface area contributed by atoms with Gasteiger partial charge < -0.3 is 9.84 Å². The number of rotatable bonds is 9. The van der Waals surface area contributed by atoms with E-state index in [2.05, 4.69) is 6.92 Å². The summed E-state index contributed by atoms with van der Waals surface area (Å²) in [7, 11) is 0. The van der Waals surface area contributed by atoms with Crippen LogP contribution in [0.4, 0.5) is 0 Å². The molecule has 0 radical (unpaired) electrons. The van der Waals surface area contributed by atoms with E-state index in [1.807, 2.05) is 63.4 Å². The van der Waals surface area contributed by atoms with Crippen LogP contribution < -0.4 is 4.74 Å². The summed E-state index contributed by atoms with van der Waals surface area (Å²) < 4.78 is 5.79.